The predicted octanol–water partition coefficient (Wildman–Crippen LogP) is 4.91. The smallest absolute Gasteiger partial charge is 0.207 e. The third kappa shape index (κ3) is 3.85. The SMILES string of the molecule is CCc1ccc(S(=O)(=O)N(C2CCCCC2)C2CCCCC2)cc1. The fourth-order valence-electron chi connectivity index (χ4n) is 4.38. The molecule has 0 aliphatic heterocycles. The summed E-state index contributed by atoms with van der Waals surface area (Å²) in [5.41, 5.74) is 1.19. The molecular weight excluding hydrogens is 318 g/mol. The van der Waals surface area contributed by atoms with E-state index in [0.717, 1.165) is 57.8 Å². The largest absolute Gasteiger partial charge is 0.243 e. The van der Waals surface area contributed by atoms with Crippen molar-refractivity contribution in [2.24, 2.45) is 0 Å². The Hall–Kier alpha value is -0.870. The average molecular weight is 350 g/mol. The van der Waals surface area contributed by atoms with E-state index in [1.165, 1.54) is 18.4 Å². The van der Waals surface area contributed by atoms with Gasteiger partial charge in [0.1, 0.15) is 0 Å². The molecule has 2 aliphatic carbocycles. The molecule has 1 aromatic carbocycles. The van der Waals surface area contributed by atoms with Crippen LogP contribution in [0.1, 0.15) is 76.7 Å². The van der Waals surface area contributed by atoms with Gasteiger partial charge in [-0.1, -0.05) is 57.6 Å². The van der Waals surface area contributed by atoms with Crippen molar-refractivity contribution in [1.29, 1.82) is 0 Å². The van der Waals surface area contributed by atoms with Crippen LogP contribution in [-0.2, 0) is 16.4 Å². The molecule has 134 valence electrons. The Labute approximate surface area is 147 Å². The van der Waals surface area contributed by atoms with Gasteiger partial charge in [0.2, 0.25) is 10.0 Å². The molecule has 0 radical (unpaired) electrons. The van der Waals surface area contributed by atoms with Gasteiger partial charge in [0.25, 0.3) is 0 Å². The maximum Gasteiger partial charge on any atom is 0.243 e. The molecule has 24 heavy (non-hydrogen) atoms. The molecule has 0 bridgehead atoms. The van der Waals surface area contributed by atoms with Gasteiger partial charge in [0.05, 0.1) is 4.90 Å². The van der Waals surface area contributed by atoms with Crippen molar-refractivity contribution in [2.75, 3.05) is 0 Å². The summed E-state index contributed by atoms with van der Waals surface area (Å²) in [4.78, 5) is 0.482. The van der Waals surface area contributed by atoms with E-state index in [0.29, 0.717) is 4.90 Å². The van der Waals surface area contributed by atoms with Gasteiger partial charge in [-0.3, -0.25) is 0 Å². The maximum atomic E-state index is 13.5. The monoisotopic (exact) mass is 349 g/mol. The summed E-state index contributed by atoms with van der Waals surface area (Å²) in [6, 6.07) is 7.97. The Morgan fingerprint density at radius 1 is 0.833 bits per heavy atom. The first-order chi connectivity index (χ1) is 11.6. The van der Waals surface area contributed by atoms with Gasteiger partial charge in [0.15, 0.2) is 0 Å². The minimum atomic E-state index is -3.39. The van der Waals surface area contributed by atoms with Gasteiger partial charge < -0.3 is 0 Å². The van der Waals surface area contributed by atoms with Crippen LogP contribution in [0.15, 0.2) is 29.2 Å². The number of aryl methyl sites for hydroxylation is 1. The van der Waals surface area contributed by atoms with Crippen LogP contribution < -0.4 is 0 Å². The highest BCUT2D eigenvalue weighted by atomic mass is 32.2. The van der Waals surface area contributed by atoms with Crippen LogP contribution in [0.4, 0.5) is 0 Å². The third-order valence-corrected chi connectivity index (χ3v) is 7.80. The van der Waals surface area contributed by atoms with Crippen molar-refractivity contribution in [3.63, 3.8) is 0 Å². The second-order valence-electron chi connectivity index (χ2n) is 7.42. The van der Waals surface area contributed by atoms with Crippen molar-refractivity contribution < 1.29 is 8.42 Å². The number of rotatable bonds is 5. The molecule has 0 heterocycles. The van der Waals surface area contributed by atoms with Crippen LogP contribution in [-0.4, -0.2) is 24.8 Å². The lowest BCUT2D eigenvalue weighted by molar-refractivity contribution is 0.169. The van der Waals surface area contributed by atoms with Crippen LogP contribution in [0.3, 0.4) is 0 Å². The van der Waals surface area contributed by atoms with Crippen molar-refractivity contribution >= 4 is 10.0 Å². The van der Waals surface area contributed by atoms with Crippen LogP contribution in [0, 0.1) is 0 Å². The summed E-state index contributed by atoms with van der Waals surface area (Å²) in [5, 5.41) is 0. The van der Waals surface area contributed by atoms with Gasteiger partial charge >= 0.3 is 0 Å². The first-order valence-electron chi connectivity index (χ1n) is 9.75. The fraction of sp³-hybridized carbons (Fsp3) is 0.700. The molecule has 2 saturated carbocycles. The Balaban J connectivity index is 1.92. The van der Waals surface area contributed by atoms with E-state index in [9.17, 15) is 8.42 Å². The summed E-state index contributed by atoms with van der Waals surface area (Å²) >= 11 is 0. The second kappa shape index (κ2) is 8.01. The molecule has 0 spiro atoms. The summed E-state index contributed by atoms with van der Waals surface area (Å²) < 4.78 is 28.8. The molecule has 0 saturated heterocycles. The van der Waals surface area contributed by atoms with E-state index >= 15 is 0 Å². The van der Waals surface area contributed by atoms with Crippen molar-refractivity contribution in [2.45, 2.75) is 94.5 Å². The lowest BCUT2D eigenvalue weighted by Gasteiger charge is -2.40. The molecule has 0 aromatic heterocycles. The Bertz CT molecular complexity index is 594. The fourth-order valence-corrected chi connectivity index (χ4v) is 6.31. The number of hydrogen-bond acceptors (Lipinski definition) is 2. The van der Waals surface area contributed by atoms with Gasteiger partial charge in [-0.15, -0.1) is 0 Å². The molecule has 4 heteroatoms. The molecule has 0 atom stereocenters. The maximum absolute atomic E-state index is 13.5. The van der Waals surface area contributed by atoms with Crippen LogP contribution in [0.2, 0.25) is 0 Å². The zero-order valence-corrected chi connectivity index (χ0v) is 15.7. The minimum absolute atomic E-state index is 0.206. The molecule has 2 fully saturated rings. The van der Waals surface area contributed by atoms with Crippen LogP contribution in [0.25, 0.3) is 0 Å². The molecule has 3 nitrogen and oxygen atoms in total. The van der Waals surface area contributed by atoms with Crippen molar-refractivity contribution in [3.8, 4) is 0 Å². The Morgan fingerprint density at radius 2 is 1.29 bits per heavy atom. The normalized spacial score (nSPS) is 21.2. The van der Waals surface area contributed by atoms with E-state index in [1.807, 2.05) is 28.6 Å². The standard InChI is InChI=1S/C20H31NO2S/c1-2-17-13-15-20(16-14-17)24(22,23)21(18-9-5-3-6-10-18)19-11-7-4-8-12-19/h13-16,18-19H,2-12H2,1H3. The van der Waals surface area contributed by atoms with Crippen molar-refractivity contribution in [1.82, 2.24) is 4.31 Å². The minimum Gasteiger partial charge on any atom is -0.207 e. The number of hydrogen-bond donors (Lipinski definition) is 0. The summed E-state index contributed by atoms with van der Waals surface area (Å²) in [5.74, 6) is 0. The molecular formula is C20H31NO2S. The van der Waals surface area contributed by atoms with Crippen LogP contribution in [0.5, 0.6) is 0 Å². The van der Waals surface area contributed by atoms with Crippen LogP contribution >= 0.6 is 0 Å². The van der Waals surface area contributed by atoms with E-state index in [2.05, 4.69) is 6.92 Å². The van der Waals surface area contributed by atoms with Crippen molar-refractivity contribution in [3.05, 3.63) is 29.8 Å². The van der Waals surface area contributed by atoms with Gasteiger partial charge in [-0.25, -0.2) is 8.42 Å². The van der Waals surface area contributed by atoms with Gasteiger partial charge in [-0.2, -0.15) is 4.31 Å². The highest BCUT2D eigenvalue weighted by Crippen LogP contribution is 2.34. The first-order valence-corrected chi connectivity index (χ1v) is 11.2. The summed E-state index contributed by atoms with van der Waals surface area (Å²) in [7, 11) is -3.39. The van der Waals surface area contributed by atoms with E-state index in [-0.39, 0.29) is 12.1 Å². The lowest BCUT2D eigenvalue weighted by Crippen LogP contribution is -2.48. The van der Waals surface area contributed by atoms with E-state index in [1.54, 1.807) is 0 Å². The topological polar surface area (TPSA) is 37.4 Å². The van der Waals surface area contributed by atoms with Gasteiger partial charge in [-0.05, 0) is 49.8 Å². The molecule has 0 amide bonds. The predicted molar refractivity (Wildman–Crippen MR) is 98.6 cm³/mol. The number of benzene rings is 1. The van der Waals surface area contributed by atoms with E-state index < -0.39 is 10.0 Å². The van der Waals surface area contributed by atoms with E-state index in [4.69, 9.17) is 0 Å². The quantitative estimate of drug-likeness (QED) is 0.758. The number of nitrogens with zero attached hydrogens (tertiary/aromatic N) is 1. The molecule has 1 aromatic rings. The average Bonchev–Trinajstić information content (AvgIpc) is 2.63. The third-order valence-electron chi connectivity index (χ3n) is 5.78. The zero-order valence-electron chi connectivity index (χ0n) is 14.9. The Morgan fingerprint density at radius 3 is 1.71 bits per heavy atom. The molecule has 2 aliphatic rings. The first kappa shape index (κ1) is 17.9. The zero-order chi connectivity index (χ0) is 17.0. The number of sulfonamides is 1. The Kier molecular flexibility index (Phi) is 5.98. The highest BCUT2D eigenvalue weighted by molar-refractivity contribution is 7.89. The van der Waals surface area contributed by atoms with Gasteiger partial charge in [0, 0.05) is 12.1 Å². The highest BCUT2D eigenvalue weighted by Gasteiger charge is 2.38. The summed E-state index contributed by atoms with van der Waals surface area (Å²) in [6.07, 6.45) is 12.2. The molecule has 0 N–H and O–H groups in total. The molecule has 3 rings (SSSR count). The summed E-state index contributed by atoms with van der Waals surface area (Å²) in [6.45, 7) is 2.10. The second-order valence-corrected chi connectivity index (χ2v) is 9.26. The molecule has 0 unspecified atom stereocenters. The lowest BCUT2D eigenvalue weighted by atomic mass is 9.91.